The Morgan fingerprint density at radius 1 is 1.43 bits per heavy atom. The molecule has 0 bridgehead atoms. The van der Waals surface area contributed by atoms with Gasteiger partial charge in [0.05, 0.1) is 17.6 Å². The monoisotopic (exact) mass is 312 g/mol. The lowest BCUT2D eigenvalue weighted by atomic mass is 10.1. The maximum absolute atomic E-state index is 12.5. The molecule has 1 aliphatic rings. The summed E-state index contributed by atoms with van der Waals surface area (Å²) in [5, 5.41) is 20.1. The van der Waals surface area contributed by atoms with Crippen molar-refractivity contribution < 1.29 is 14.8 Å². The van der Waals surface area contributed by atoms with Crippen molar-refractivity contribution in [3.05, 3.63) is 38.9 Å². The highest BCUT2D eigenvalue weighted by molar-refractivity contribution is 6.33. The van der Waals surface area contributed by atoms with Crippen molar-refractivity contribution >= 4 is 23.2 Å². The number of hydrogen-bond acceptors (Lipinski definition) is 4. The Kier molecular flexibility index (Phi) is 5.14. The van der Waals surface area contributed by atoms with E-state index in [1.165, 1.54) is 18.2 Å². The molecule has 0 aromatic heterocycles. The van der Waals surface area contributed by atoms with E-state index < -0.39 is 4.92 Å². The van der Waals surface area contributed by atoms with E-state index in [1.807, 2.05) is 0 Å². The molecular weight excluding hydrogens is 296 g/mol. The fourth-order valence-corrected chi connectivity index (χ4v) is 2.84. The van der Waals surface area contributed by atoms with Gasteiger partial charge >= 0.3 is 0 Å². The highest BCUT2D eigenvalue weighted by atomic mass is 35.5. The Hall–Kier alpha value is -1.66. The number of aliphatic hydroxyl groups excluding tert-OH is 1. The largest absolute Gasteiger partial charge is 0.394 e. The predicted octanol–water partition coefficient (Wildman–Crippen LogP) is 2.63. The van der Waals surface area contributed by atoms with Crippen LogP contribution in [0.15, 0.2) is 18.2 Å². The van der Waals surface area contributed by atoms with E-state index >= 15 is 0 Å². The Labute approximate surface area is 127 Å². The molecule has 1 aromatic rings. The Bertz CT molecular complexity index is 550. The van der Waals surface area contributed by atoms with E-state index in [9.17, 15) is 20.0 Å². The molecule has 0 spiro atoms. The molecule has 1 aliphatic heterocycles. The fraction of sp³-hybridized carbons (Fsp3) is 0.500. The van der Waals surface area contributed by atoms with Crippen LogP contribution in [0, 0.1) is 10.1 Å². The molecule has 0 radical (unpaired) electrons. The summed E-state index contributed by atoms with van der Waals surface area (Å²) in [7, 11) is 0. The first-order valence-corrected chi connectivity index (χ1v) is 7.28. The van der Waals surface area contributed by atoms with Gasteiger partial charge in [0, 0.05) is 18.2 Å². The fourth-order valence-electron chi connectivity index (χ4n) is 2.59. The molecule has 114 valence electrons. The molecule has 1 aromatic carbocycles. The third kappa shape index (κ3) is 3.51. The second-order valence-electron chi connectivity index (χ2n) is 5.11. The summed E-state index contributed by atoms with van der Waals surface area (Å²) in [5.41, 5.74) is 0.0914. The van der Waals surface area contributed by atoms with Crippen LogP contribution in [0.3, 0.4) is 0 Å². The molecule has 1 saturated heterocycles. The highest BCUT2D eigenvalue weighted by Crippen LogP contribution is 2.27. The first-order valence-electron chi connectivity index (χ1n) is 6.90. The summed E-state index contributed by atoms with van der Waals surface area (Å²) >= 11 is 5.85. The van der Waals surface area contributed by atoms with E-state index in [0.717, 1.165) is 25.7 Å². The summed E-state index contributed by atoms with van der Waals surface area (Å²) in [6, 6.07) is 3.77. The van der Waals surface area contributed by atoms with Crippen LogP contribution in [0.2, 0.25) is 5.02 Å². The number of amides is 1. The maximum atomic E-state index is 12.5. The van der Waals surface area contributed by atoms with Crippen LogP contribution in [-0.4, -0.2) is 40.0 Å². The third-order valence-electron chi connectivity index (χ3n) is 3.74. The van der Waals surface area contributed by atoms with Crippen LogP contribution in [0.4, 0.5) is 5.69 Å². The molecule has 1 heterocycles. The second kappa shape index (κ2) is 6.87. The molecule has 0 aliphatic carbocycles. The number of aliphatic hydroxyl groups is 1. The second-order valence-corrected chi connectivity index (χ2v) is 5.51. The first-order chi connectivity index (χ1) is 10.0. The quantitative estimate of drug-likeness (QED) is 0.687. The van der Waals surface area contributed by atoms with E-state index in [2.05, 4.69) is 0 Å². The van der Waals surface area contributed by atoms with Crippen molar-refractivity contribution in [2.45, 2.75) is 31.7 Å². The maximum Gasteiger partial charge on any atom is 0.287 e. The Morgan fingerprint density at radius 2 is 2.19 bits per heavy atom. The van der Waals surface area contributed by atoms with Crippen molar-refractivity contribution in [3.8, 4) is 0 Å². The van der Waals surface area contributed by atoms with Crippen molar-refractivity contribution in [1.29, 1.82) is 0 Å². The van der Waals surface area contributed by atoms with Crippen molar-refractivity contribution in [2.75, 3.05) is 13.2 Å². The van der Waals surface area contributed by atoms with Gasteiger partial charge in [-0.05, 0) is 25.0 Å². The number of benzene rings is 1. The van der Waals surface area contributed by atoms with Crippen molar-refractivity contribution in [3.63, 3.8) is 0 Å². The van der Waals surface area contributed by atoms with Gasteiger partial charge in [-0.2, -0.15) is 0 Å². The van der Waals surface area contributed by atoms with E-state index in [4.69, 9.17) is 11.6 Å². The number of halogens is 1. The molecule has 1 unspecified atom stereocenters. The van der Waals surface area contributed by atoms with E-state index in [-0.39, 0.29) is 29.3 Å². The minimum Gasteiger partial charge on any atom is -0.394 e. The van der Waals surface area contributed by atoms with Crippen LogP contribution in [-0.2, 0) is 0 Å². The molecule has 2 rings (SSSR count). The molecule has 1 atom stereocenters. The standard InChI is InChI=1S/C14H17ClN2O4/c15-12-8-10(5-6-13(12)17(20)21)14(19)16-7-3-1-2-4-11(16)9-18/h5-6,8,11,18H,1-4,7,9H2. The summed E-state index contributed by atoms with van der Waals surface area (Å²) in [6.07, 6.45) is 3.67. The van der Waals surface area contributed by atoms with Crippen LogP contribution >= 0.6 is 11.6 Å². The number of nitro benzene ring substituents is 1. The Morgan fingerprint density at radius 3 is 2.81 bits per heavy atom. The minimum absolute atomic E-state index is 0.0544. The summed E-state index contributed by atoms with van der Waals surface area (Å²) in [4.78, 5) is 24.3. The number of carbonyl (C=O) groups excluding carboxylic acids is 1. The van der Waals surface area contributed by atoms with Crippen LogP contribution in [0.1, 0.15) is 36.0 Å². The van der Waals surface area contributed by atoms with Gasteiger partial charge in [-0.25, -0.2) is 0 Å². The number of nitro groups is 1. The van der Waals surface area contributed by atoms with Gasteiger partial charge in [0.2, 0.25) is 0 Å². The van der Waals surface area contributed by atoms with Gasteiger partial charge in [0.25, 0.3) is 11.6 Å². The molecule has 1 amide bonds. The lowest BCUT2D eigenvalue weighted by Gasteiger charge is -2.28. The van der Waals surface area contributed by atoms with Gasteiger partial charge in [-0.3, -0.25) is 14.9 Å². The highest BCUT2D eigenvalue weighted by Gasteiger charge is 2.26. The van der Waals surface area contributed by atoms with Gasteiger partial charge in [-0.1, -0.05) is 24.4 Å². The lowest BCUT2D eigenvalue weighted by Crippen LogP contribution is -2.42. The minimum atomic E-state index is -0.584. The molecular formula is C14H17ClN2O4. The zero-order valence-corrected chi connectivity index (χ0v) is 12.3. The zero-order valence-electron chi connectivity index (χ0n) is 11.5. The number of likely N-dealkylation sites (tertiary alicyclic amines) is 1. The average Bonchev–Trinajstić information content (AvgIpc) is 2.71. The van der Waals surface area contributed by atoms with E-state index in [1.54, 1.807) is 4.90 Å². The van der Waals surface area contributed by atoms with Crippen LogP contribution < -0.4 is 0 Å². The summed E-state index contributed by atoms with van der Waals surface area (Å²) < 4.78 is 0. The Balaban J connectivity index is 2.25. The van der Waals surface area contributed by atoms with Crippen LogP contribution in [0.5, 0.6) is 0 Å². The normalized spacial score (nSPS) is 19.1. The molecule has 1 fully saturated rings. The first kappa shape index (κ1) is 15.7. The van der Waals surface area contributed by atoms with E-state index in [0.29, 0.717) is 12.1 Å². The third-order valence-corrected chi connectivity index (χ3v) is 4.04. The topological polar surface area (TPSA) is 83.7 Å². The average molecular weight is 313 g/mol. The molecule has 21 heavy (non-hydrogen) atoms. The van der Waals surface area contributed by atoms with Gasteiger partial charge < -0.3 is 10.0 Å². The lowest BCUT2D eigenvalue weighted by molar-refractivity contribution is -0.384. The summed E-state index contributed by atoms with van der Waals surface area (Å²) in [6.45, 7) is 0.505. The predicted molar refractivity (Wildman–Crippen MR) is 78.5 cm³/mol. The molecule has 7 heteroatoms. The van der Waals surface area contributed by atoms with Gasteiger partial charge in [-0.15, -0.1) is 0 Å². The van der Waals surface area contributed by atoms with Crippen molar-refractivity contribution in [1.82, 2.24) is 4.90 Å². The number of rotatable bonds is 3. The molecule has 0 saturated carbocycles. The smallest absolute Gasteiger partial charge is 0.287 e. The van der Waals surface area contributed by atoms with Gasteiger partial charge in [0.15, 0.2) is 0 Å². The SMILES string of the molecule is O=C(c1ccc([N+](=O)[O-])c(Cl)c1)N1CCCCCC1CO. The summed E-state index contributed by atoms with van der Waals surface area (Å²) in [5.74, 6) is -0.243. The van der Waals surface area contributed by atoms with Gasteiger partial charge in [0.1, 0.15) is 5.02 Å². The number of hydrogen-bond donors (Lipinski definition) is 1. The number of nitrogens with zero attached hydrogens (tertiary/aromatic N) is 2. The molecule has 1 N–H and O–H groups in total. The number of carbonyl (C=O) groups is 1. The molecule has 6 nitrogen and oxygen atoms in total. The van der Waals surface area contributed by atoms with Crippen molar-refractivity contribution in [2.24, 2.45) is 0 Å². The van der Waals surface area contributed by atoms with Crippen LogP contribution in [0.25, 0.3) is 0 Å². The zero-order chi connectivity index (χ0) is 15.4.